The van der Waals surface area contributed by atoms with Crippen LogP contribution in [0.15, 0.2) is 30.5 Å². The highest BCUT2D eigenvalue weighted by molar-refractivity contribution is 5.87. The maximum atomic E-state index is 11.0. The molecule has 0 aliphatic heterocycles. The summed E-state index contributed by atoms with van der Waals surface area (Å²) >= 11 is 0. The van der Waals surface area contributed by atoms with Crippen molar-refractivity contribution in [1.29, 1.82) is 0 Å². The Kier molecular flexibility index (Phi) is 4.51. The molecule has 136 valence electrons. The van der Waals surface area contributed by atoms with Crippen molar-refractivity contribution in [3.63, 3.8) is 0 Å². The van der Waals surface area contributed by atoms with E-state index >= 15 is 0 Å². The summed E-state index contributed by atoms with van der Waals surface area (Å²) in [6.45, 7) is 11.4. The minimum Gasteiger partial charge on any atom is -0.478 e. The number of carbonyl (C=O) groups is 1. The fraction of sp³-hybridized carbons (Fsp3) is 0.391. The molecule has 1 aliphatic rings. The normalized spacial score (nSPS) is 16.0. The first-order valence-corrected chi connectivity index (χ1v) is 9.13. The SMILES string of the molecule is CC(C)(C)c1cc(C=Cc2ccc(C(=O)O)cn2)c2c(c1)C(C)(C)CC2. The van der Waals surface area contributed by atoms with Crippen LogP contribution in [0.2, 0.25) is 0 Å². The van der Waals surface area contributed by atoms with Gasteiger partial charge in [0.05, 0.1) is 11.3 Å². The Morgan fingerprint density at radius 3 is 2.50 bits per heavy atom. The Bertz CT molecular complexity index is 868. The van der Waals surface area contributed by atoms with Crippen molar-refractivity contribution in [3.05, 3.63) is 64.0 Å². The van der Waals surface area contributed by atoms with Crippen LogP contribution < -0.4 is 0 Å². The smallest absolute Gasteiger partial charge is 0.337 e. The molecular formula is C23H27NO2. The number of rotatable bonds is 3. The molecule has 0 saturated heterocycles. The first kappa shape index (κ1) is 18.4. The van der Waals surface area contributed by atoms with E-state index in [1.54, 1.807) is 12.1 Å². The summed E-state index contributed by atoms with van der Waals surface area (Å²) in [7, 11) is 0. The molecule has 0 spiro atoms. The van der Waals surface area contributed by atoms with Crippen molar-refractivity contribution in [2.45, 2.75) is 58.3 Å². The second-order valence-electron chi connectivity index (χ2n) is 8.84. The third-order valence-corrected chi connectivity index (χ3v) is 5.35. The predicted octanol–water partition coefficient (Wildman–Crippen LogP) is 5.47. The van der Waals surface area contributed by atoms with Crippen LogP contribution in [0.4, 0.5) is 0 Å². The zero-order valence-corrected chi connectivity index (χ0v) is 16.3. The molecule has 0 bridgehead atoms. The minimum absolute atomic E-state index is 0.0949. The molecule has 0 radical (unpaired) electrons. The van der Waals surface area contributed by atoms with Crippen LogP contribution in [-0.4, -0.2) is 16.1 Å². The van der Waals surface area contributed by atoms with Crippen LogP contribution in [0.1, 0.15) is 79.3 Å². The van der Waals surface area contributed by atoms with Gasteiger partial charge in [0.1, 0.15) is 0 Å². The van der Waals surface area contributed by atoms with E-state index in [2.05, 4.69) is 57.8 Å². The molecule has 0 atom stereocenters. The molecular weight excluding hydrogens is 322 g/mol. The number of benzene rings is 1. The fourth-order valence-electron chi connectivity index (χ4n) is 3.54. The summed E-state index contributed by atoms with van der Waals surface area (Å²) in [5.41, 5.74) is 6.77. The molecule has 1 aliphatic carbocycles. The van der Waals surface area contributed by atoms with Gasteiger partial charge in [-0.05, 0) is 64.1 Å². The van der Waals surface area contributed by atoms with Gasteiger partial charge in [-0.15, -0.1) is 0 Å². The second-order valence-corrected chi connectivity index (χ2v) is 8.84. The lowest BCUT2D eigenvalue weighted by Gasteiger charge is -2.25. The van der Waals surface area contributed by atoms with Crippen LogP contribution >= 0.6 is 0 Å². The van der Waals surface area contributed by atoms with Crippen molar-refractivity contribution < 1.29 is 9.90 Å². The maximum Gasteiger partial charge on any atom is 0.337 e. The lowest BCUT2D eigenvalue weighted by molar-refractivity contribution is 0.0696. The molecule has 3 rings (SSSR count). The van der Waals surface area contributed by atoms with E-state index in [0.29, 0.717) is 0 Å². The van der Waals surface area contributed by atoms with Gasteiger partial charge in [0.2, 0.25) is 0 Å². The Morgan fingerprint density at radius 1 is 1.19 bits per heavy atom. The van der Waals surface area contributed by atoms with E-state index in [9.17, 15) is 4.79 Å². The zero-order chi connectivity index (χ0) is 19.1. The quantitative estimate of drug-likeness (QED) is 0.799. The van der Waals surface area contributed by atoms with Gasteiger partial charge in [-0.2, -0.15) is 0 Å². The number of carboxylic acid groups (broad SMARTS) is 1. The summed E-state index contributed by atoms with van der Waals surface area (Å²) in [4.78, 5) is 15.2. The second kappa shape index (κ2) is 6.39. The summed E-state index contributed by atoms with van der Waals surface area (Å²) in [5.74, 6) is -0.953. The molecule has 2 aromatic rings. The van der Waals surface area contributed by atoms with Crippen LogP contribution in [0.3, 0.4) is 0 Å². The molecule has 1 heterocycles. The number of hydrogen-bond donors (Lipinski definition) is 1. The standard InChI is InChI=1S/C23H27NO2/c1-22(2,3)17-12-15(19-10-11-23(4,5)20(19)13-17)6-8-18-9-7-16(14-24-18)21(25)26/h6-9,12-14H,10-11H2,1-5H3,(H,25,26). The number of hydrogen-bond acceptors (Lipinski definition) is 2. The number of aromatic carboxylic acids is 1. The number of fused-ring (bicyclic) bond motifs is 1. The van der Waals surface area contributed by atoms with Crippen LogP contribution in [0.5, 0.6) is 0 Å². The first-order valence-electron chi connectivity index (χ1n) is 9.13. The third-order valence-electron chi connectivity index (χ3n) is 5.35. The van der Waals surface area contributed by atoms with E-state index in [4.69, 9.17) is 5.11 Å². The molecule has 3 nitrogen and oxygen atoms in total. The fourth-order valence-corrected chi connectivity index (χ4v) is 3.54. The molecule has 1 aromatic heterocycles. The van der Waals surface area contributed by atoms with Crippen molar-refractivity contribution in [2.24, 2.45) is 0 Å². The lowest BCUT2D eigenvalue weighted by Crippen LogP contribution is -2.16. The van der Waals surface area contributed by atoms with Gasteiger partial charge in [0.15, 0.2) is 0 Å². The highest BCUT2D eigenvalue weighted by atomic mass is 16.4. The van der Waals surface area contributed by atoms with Crippen molar-refractivity contribution in [3.8, 4) is 0 Å². The monoisotopic (exact) mass is 349 g/mol. The molecule has 26 heavy (non-hydrogen) atoms. The minimum atomic E-state index is -0.953. The number of carboxylic acids is 1. The lowest BCUT2D eigenvalue weighted by atomic mass is 9.79. The van der Waals surface area contributed by atoms with Crippen molar-refractivity contribution >= 4 is 18.1 Å². The van der Waals surface area contributed by atoms with E-state index in [0.717, 1.165) is 12.1 Å². The average molecular weight is 349 g/mol. The van der Waals surface area contributed by atoms with E-state index < -0.39 is 5.97 Å². The summed E-state index contributed by atoms with van der Waals surface area (Å²) in [5, 5.41) is 8.99. The van der Waals surface area contributed by atoms with Gasteiger partial charge in [-0.1, -0.05) is 52.8 Å². The Hall–Kier alpha value is -2.42. The number of aromatic nitrogens is 1. The predicted molar refractivity (Wildman–Crippen MR) is 107 cm³/mol. The average Bonchev–Trinajstić information content (AvgIpc) is 2.87. The molecule has 3 heteroatoms. The zero-order valence-electron chi connectivity index (χ0n) is 16.3. The van der Waals surface area contributed by atoms with Crippen LogP contribution in [0.25, 0.3) is 12.2 Å². The van der Waals surface area contributed by atoms with Gasteiger partial charge >= 0.3 is 5.97 Å². The topological polar surface area (TPSA) is 50.2 Å². The Morgan fingerprint density at radius 2 is 1.92 bits per heavy atom. The highest BCUT2D eigenvalue weighted by Gasteiger charge is 2.32. The number of pyridine rings is 1. The number of nitrogens with zero attached hydrogens (tertiary/aromatic N) is 1. The molecule has 1 aromatic carbocycles. The summed E-state index contributed by atoms with van der Waals surface area (Å²) < 4.78 is 0. The van der Waals surface area contributed by atoms with Gasteiger partial charge in [-0.3, -0.25) is 4.98 Å². The third kappa shape index (κ3) is 3.57. The van der Waals surface area contributed by atoms with Crippen LogP contribution in [0, 0.1) is 0 Å². The molecule has 0 fully saturated rings. The van der Waals surface area contributed by atoms with Crippen molar-refractivity contribution in [1.82, 2.24) is 4.98 Å². The van der Waals surface area contributed by atoms with Crippen molar-refractivity contribution in [2.75, 3.05) is 0 Å². The summed E-state index contributed by atoms with van der Waals surface area (Å²) in [6, 6.07) is 8.02. The van der Waals surface area contributed by atoms with E-state index in [-0.39, 0.29) is 16.4 Å². The van der Waals surface area contributed by atoms with Crippen LogP contribution in [-0.2, 0) is 17.3 Å². The first-order chi connectivity index (χ1) is 12.1. The van der Waals surface area contributed by atoms with Gasteiger partial charge in [-0.25, -0.2) is 4.79 Å². The maximum absolute atomic E-state index is 11.0. The highest BCUT2D eigenvalue weighted by Crippen LogP contribution is 2.42. The molecule has 1 N–H and O–H groups in total. The summed E-state index contributed by atoms with van der Waals surface area (Å²) in [6.07, 6.45) is 7.76. The van der Waals surface area contributed by atoms with Gasteiger partial charge < -0.3 is 5.11 Å². The molecule has 0 saturated carbocycles. The van der Waals surface area contributed by atoms with Gasteiger partial charge in [0, 0.05) is 6.20 Å². The Labute approximate surface area is 155 Å². The van der Waals surface area contributed by atoms with Gasteiger partial charge in [0.25, 0.3) is 0 Å². The largest absolute Gasteiger partial charge is 0.478 e. The molecule has 0 amide bonds. The van der Waals surface area contributed by atoms with E-state index in [1.807, 2.05) is 6.08 Å². The Balaban J connectivity index is 2.02. The molecule has 0 unspecified atom stereocenters. The van der Waals surface area contributed by atoms with E-state index in [1.165, 1.54) is 34.9 Å².